The van der Waals surface area contributed by atoms with Crippen LogP contribution in [0.15, 0.2) is 0 Å². The van der Waals surface area contributed by atoms with Crippen LogP contribution < -0.4 is 0 Å². The minimum absolute atomic E-state index is 0.227. The molecule has 0 aromatic carbocycles. The van der Waals surface area contributed by atoms with Gasteiger partial charge in [-0.05, 0) is 76.0 Å². The summed E-state index contributed by atoms with van der Waals surface area (Å²) in [6.07, 6.45) is 7.51. The summed E-state index contributed by atoms with van der Waals surface area (Å²) in [5.41, 5.74) is -0.676. The van der Waals surface area contributed by atoms with Crippen LogP contribution in [0, 0.1) is 47.3 Å². The van der Waals surface area contributed by atoms with E-state index in [2.05, 4.69) is 41.5 Å². The standard InChI is InChI=1S/C32H50O8/c1-17-7-9-23-19(3)25(35-27-31(23)21(17)11-13-29(5,37-27)39-31)33-15-16-34-26-20(4)24-10-8-18(2)22-12-14-30(6)38-28(36-26)32(22,24)40-30/h17-28H,7-16H2,1-6H3/t17-,18-,19-,20-,21+,22+,23?,24?,25?,26?,27-,28-,29-,30-,31-,32-/m1/s1. The van der Waals surface area contributed by atoms with Gasteiger partial charge in [-0.2, -0.15) is 0 Å². The van der Waals surface area contributed by atoms with Crippen LogP contribution in [-0.4, -0.2) is 61.2 Å². The number of hydrogen-bond donors (Lipinski definition) is 0. The first-order valence-electron chi connectivity index (χ1n) is 16.4. The Bertz CT molecular complexity index is 931. The minimum atomic E-state index is -0.544. The molecule has 16 atom stereocenters. The lowest BCUT2D eigenvalue weighted by Gasteiger charge is -2.58. The Labute approximate surface area is 239 Å². The second kappa shape index (κ2) is 9.10. The Balaban J connectivity index is 0.922. The van der Waals surface area contributed by atoms with Gasteiger partial charge < -0.3 is 37.9 Å². The first-order chi connectivity index (χ1) is 19.1. The number of ether oxygens (including phenoxy) is 8. The van der Waals surface area contributed by atoms with Crippen molar-refractivity contribution in [2.75, 3.05) is 13.2 Å². The fourth-order valence-corrected chi connectivity index (χ4v) is 11.0. The molecule has 6 aliphatic heterocycles. The molecule has 4 unspecified atom stereocenters. The highest BCUT2D eigenvalue weighted by Gasteiger charge is 2.73. The molecule has 2 aliphatic carbocycles. The van der Waals surface area contributed by atoms with Gasteiger partial charge in [0.1, 0.15) is 11.2 Å². The van der Waals surface area contributed by atoms with Crippen molar-refractivity contribution in [3.8, 4) is 0 Å². The molecule has 4 bridgehead atoms. The van der Waals surface area contributed by atoms with Gasteiger partial charge in [-0.3, -0.25) is 0 Å². The maximum Gasteiger partial charge on any atom is 0.193 e. The maximum absolute atomic E-state index is 6.79. The number of hydrogen-bond acceptors (Lipinski definition) is 8. The number of fused-ring (bicyclic) bond motifs is 2. The van der Waals surface area contributed by atoms with Crippen LogP contribution in [0.2, 0.25) is 0 Å². The zero-order chi connectivity index (χ0) is 27.7. The van der Waals surface area contributed by atoms with Crippen molar-refractivity contribution < 1.29 is 37.9 Å². The van der Waals surface area contributed by atoms with Gasteiger partial charge >= 0.3 is 0 Å². The summed E-state index contributed by atoms with van der Waals surface area (Å²) < 4.78 is 52.5. The molecular weight excluding hydrogens is 512 g/mol. The SMILES string of the molecule is C[C@H]1C(OCCOC2O[C@@H]3O[C@@]4(C)CC[C@H]5[C@H](C)CCC([C@H]2C)[C@@]35O4)O[C@@H]2O[C@@]3(C)CC[C@H]4[C@H](C)CCC1[C@@]24O3. The van der Waals surface area contributed by atoms with E-state index in [1.54, 1.807) is 0 Å². The zero-order valence-electron chi connectivity index (χ0n) is 25.3. The molecule has 8 rings (SSSR count). The minimum Gasteiger partial charge on any atom is -0.350 e. The molecule has 0 N–H and O–H groups in total. The van der Waals surface area contributed by atoms with E-state index in [1.165, 1.54) is 12.8 Å². The van der Waals surface area contributed by atoms with Crippen molar-refractivity contribution in [2.45, 2.75) is 141 Å². The highest BCUT2D eigenvalue weighted by molar-refractivity contribution is 5.14. The highest BCUT2D eigenvalue weighted by Crippen LogP contribution is 2.65. The van der Waals surface area contributed by atoms with Crippen LogP contribution in [0.1, 0.15) is 92.9 Å². The normalized spacial score (nSPS) is 61.6. The second-order valence-corrected chi connectivity index (χ2v) is 15.2. The molecule has 8 fully saturated rings. The molecule has 0 radical (unpaired) electrons. The molecule has 8 nitrogen and oxygen atoms in total. The predicted molar refractivity (Wildman–Crippen MR) is 143 cm³/mol. The van der Waals surface area contributed by atoms with E-state index in [0.717, 1.165) is 38.5 Å². The van der Waals surface area contributed by atoms with E-state index in [0.29, 0.717) is 48.7 Å². The van der Waals surface area contributed by atoms with E-state index in [1.807, 2.05) is 0 Å². The lowest BCUT2D eigenvalue weighted by Crippen LogP contribution is -2.66. The second-order valence-electron chi connectivity index (χ2n) is 15.2. The molecule has 8 heteroatoms. The van der Waals surface area contributed by atoms with Crippen molar-refractivity contribution in [1.29, 1.82) is 0 Å². The van der Waals surface area contributed by atoms with E-state index in [4.69, 9.17) is 37.9 Å². The van der Waals surface area contributed by atoms with Gasteiger partial charge in [0, 0.05) is 36.5 Å². The topological polar surface area (TPSA) is 73.8 Å². The van der Waals surface area contributed by atoms with Crippen LogP contribution in [0.25, 0.3) is 0 Å². The lowest BCUT2D eigenvalue weighted by atomic mass is 9.57. The molecule has 0 aromatic heterocycles. The molecule has 226 valence electrons. The van der Waals surface area contributed by atoms with Gasteiger partial charge in [0.2, 0.25) is 0 Å². The first kappa shape index (κ1) is 27.2. The lowest BCUT2D eigenvalue weighted by molar-refractivity contribution is -0.349. The Morgan fingerprint density at radius 1 is 0.575 bits per heavy atom. The third-order valence-electron chi connectivity index (χ3n) is 12.9. The van der Waals surface area contributed by atoms with Crippen LogP contribution in [-0.2, 0) is 37.9 Å². The fourth-order valence-electron chi connectivity index (χ4n) is 11.0. The van der Waals surface area contributed by atoms with Crippen LogP contribution >= 0.6 is 0 Å². The molecule has 40 heavy (non-hydrogen) atoms. The smallest absolute Gasteiger partial charge is 0.193 e. The summed E-state index contributed by atoms with van der Waals surface area (Å²) in [5, 5.41) is 0. The Hall–Kier alpha value is -0.320. The van der Waals surface area contributed by atoms with Crippen LogP contribution in [0.4, 0.5) is 0 Å². The zero-order valence-corrected chi connectivity index (χ0v) is 25.3. The van der Waals surface area contributed by atoms with E-state index in [-0.39, 0.29) is 48.2 Å². The third-order valence-corrected chi connectivity index (χ3v) is 12.9. The van der Waals surface area contributed by atoms with Crippen LogP contribution in [0.5, 0.6) is 0 Å². The Kier molecular flexibility index (Phi) is 6.20. The summed E-state index contributed by atoms with van der Waals surface area (Å²) in [6, 6.07) is 0. The quantitative estimate of drug-likeness (QED) is 0.403. The summed E-state index contributed by atoms with van der Waals surface area (Å²) in [7, 11) is 0. The number of rotatable bonds is 5. The Morgan fingerprint density at radius 3 is 1.43 bits per heavy atom. The summed E-state index contributed by atoms with van der Waals surface area (Å²) >= 11 is 0. The Morgan fingerprint density at radius 2 is 1.00 bits per heavy atom. The third kappa shape index (κ3) is 3.60. The van der Waals surface area contributed by atoms with Crippen molar-refractivity contribution in [3.05, 3.63) is 0 Å². The summed E-state index contributed by atoms with van der Waals surface area (Å²) in [5.74, 6) is 2.34. The largest absolute Gasteiger partial charge is 0.350 e. The van der Waals surface area contributed by atoms with Gasteiger partial charge in [0.15, 0.2) is 36.7 Å². The predicted octanol–water partition coefficient (Wildman–Crippen LogP) is 5.57. The highest BCUT2D eigenvalue weighted by atomic mass is 16.9. The van der Waals surface area contributed by atoms with E-state index >= 15 is 0 Å². The average Bonchev–Trinajstić information content (AvgIpc) is 3.27. The molecule has 6 heterocycles. The molecule has 2 saturated carbocycles. The van der Waals surface area contributed by atoms with Crippen molar-refractivity contribution in [2.24, 2.45) is 47.3 Å². The molecule has 8 aliphatic rings. The van der Waals surface area contributed by atoms with Crippen molar-refractivity contribution in [1.82, 2.24) is 0 Å². The van der Waals surface area contributed by atoms with Gasteiger partial charge in [-0.25, -0.2) is 0 Å². The van der Waals surface area contributed by atoms with Gasteiger partial charge in [-0.1, -0.05) is 27.7 Å². The molecule has 6 saturated heterocycles. The fraction of sp³-hybridized carbons (Fsp3) is 1.00. The summed E-state index contributed by atoms with van der Waals surface area (Å²) in [4.78, 5) is 0. The van der Waals surface area contributed by atoms with Gasteiger partial charge in [-0.15, -0.1) is 0 Å². The van der Waals surface area contributed by atoms with E-state index in [9.17, 15) is 0 Å². The van der Waals surface area contributed by atoms with Gasteiger partial charge in [0.25, 0.3) is 0 Å². The van der Waals surface area contributed by atoms with E-state index < -0.39 is 11.6 Å². The molecule has 0 amide bonds. The first-order valence-corrected chi connectivity index (χ1v) is 16.4. The van der Waals surface area contributed by atoms with Crippen molar-refractivity contribution in [3.63, 3.8) is 0 Å². The molecule has 0 aromatic rings. The monoisotopic (exact) mass is 562 g/mol. The van der Waals surface area contributed by atoms with Crippen LogP contribution in [0.3, 0.4) is 0 Å². The molecule has 2 spiro atoms. The van der Waals surface area contributed by atoms with Gasteiger partial charge in [0.05, 0.1) is 13.2 Å². The average molecular weight is 563 g/mol. The van der Waals surface area contributed by atoms with Crippen molar-refractivity contribution >= 4 is 0 Å². The summed E-state index contributed by atoms with van der Waals surface area (Å²) in [6.45, 7) is 14.4. The maximum atomic E-state index is 6.79. The molecular formula is C32H50O8.